The molecule has 3 atom stereocenters. The molecular formula is C17H32N4. The molecule has 3 unspecified atom stereocenters. The molecule has 1 aliphatic heterocycles. The van der Waals surface area contributed by atoms with Crippen LogP contribution in [0.5, 0.6) is 0 Å². The van der Waals surface area contributed by atoms with E-state index < -0.39 is 0 Å². The summed E-state index contributed by atoms with van der Waals surface area (Å²) in [5.74, 6) is 0. The second kappa shape index (κ2) is 7.58. The number of hydrogen-bond acceptors (Lipinski definition) is 4. The van der Waals surface area contributed by atoms with Gasteiger partial charge in [-0.05, 0) is 51.7 Å². The number of nitriles is 1. The topological polar surface area (TPSA) is 42.3 Å². The largest absolute Gasteiger partial charge is 0.300 e. The molecular weight excluding hydrogens is 260 g/mol. The lowest BCUT2D eigenvalue weighted by atomic mass is 9.99. The van der Waals surface area contributed by atoms with Crippen molar-refractivity contribution in [2.24, 2.45) is 0 Å². The van der Waals surface area contributed by atoms with E-state index in [-0.39, 0.29) is 5.54 Å². The molecule has 0 aromatic heterocycles. The van der Waals surface area contributed by atoms with Crippen LogP contribution in [0.1, 0.15) is 52.9 Å². The molecule has 0 amide bonds. The molecule has 120 valence electrons. The minimum atomic E-state index is -0.256. The van der Waals surface area contributed by atoms with Gasteiger partial charge in [0.25, 0.3) is 0 Å². The van der Waals surface area contributed by atoms with Gasteiger partial charge in [0, 0.05) is 25.2 Å². The summed E-state index contributed by atoms with van der Waals surface area (Å²) in [6, 6.07) is 3.90. The fourth-order valence-corrected chi connectivity index (χ4v) is 4.13. The maximum atomic E-state index is 9.58. The van der Waals surface area contributed by atoms with Crippen LogP contribution >= 0.6 is 0 Å². The first-order valence-electron chi connectivity index (χ1n) is 8.82. The Morgan fingerprint density at radius 3 is 2.67 bits per heavy atom. The van der Waals surface area contributed by atoms with E-state index in [1.807, 2.05) is 0 Å². The SMILES string of the molecule is CCCNC1(C#N)CCC(N2CCC(N(CC)CC)C2)C1. The molecule has 21 heavy (non-hydrogen) atoms. The molecule has 1 N–H and O–H groups in total. The van der Waals surface area contributed by atoms with Crippen molar-refractivity contribution in [2.45, 2.75) is 70.5 Å². The van der Waals surface area contributed by atoms with Crippen molar-refractivity contribution in [3.63, 3.8) is 0 Å². The van der Waals surface area contributed by atoms with E-state index in [0.29, 0.717) is 6.04 Å². The number of nitrogens with one attached hydrogen (secondary N) is 1. The van der Waals surface area contributed by atoms with E-state index in [1.54, 1.807) is 0 Å². The maximum absolute atomic E-state index is 9.58. The Balaban J connectivity index is 1.89. The smallest absolute Gasteiger partial charge is 0.108 e. The van der Waals surface area contributed by atoms with Crippen molar-refractivity contribution in [1.82, 2.24) is 15.1 Å². The lowest BCUT2D eigenvalue weighted by molar-refractivity contribution is 0.185. The van der Waals surface area contributed by atoms with Gasteiger partial charge in [0.1, 0.15) is 5.54 Å². The molecule has 0 spiro atoms. The van der Waals surface area contributed by atoms with Gasteiger partial charge in [-0.1, -0.05) is 20.8 Å². The van der Waals surface area contributed by atoms with Gasteiger partial charge in [0.15, 0.2) is 0 Å². The van der Waals surface area contributed by atoms with Crippen LogP contribution < -0.4 is 5.32 Å². The molecule has 1 aliphatic carbocycles. The van der Waals surface area contributed by atoms with E-state index in [9.17, 15) is 5.26 Å². The van der Waals surface area contributed by atoms with E-state index in [0.717, 1.165) is 44.9 Å². The minimum absolute atomic E-state index is 0.256. The average Bonchev–Trinajstić information content (AvgIpc) is 3.14. The molecule has 2 fully saturated rings. The summed E-state index contributed by atoms with van der Waals surface area (Å²) in [5, 5.41) is 13.1. The summed E-state index contributed by atoms with van der Waals surface area (Å²) in [6.07, 6.45) is 5.59. The number of nitrogens with zero attached hydrogens (tertiary/aromatic N) is 3. The summed E-state index contributed by atoms with van der Waals surface area (Å²) in [7, 11) is 0. The molecule has 0 radical (unpaired) electrons. The molecule has 4 heteroatoms. The van der Waals surface area contributed by atoms with Crippen LogP contribution in [-0.2, 0) is 0 Å². The monoisotopic (exact) mass is 292 g/mol. The minimum Gasteiger partial charge on any atom is -0.300 e. The molecule has 2 rings (SSSR count). The Bertz CT molecular complexity index is 360. The van der Waals surface area contributed by atoms with Crippen molar-refractivity contribution < 1.29 is 0 Å². The highest BCUT2D eigenvalue weighted by atomic mass is 15.3. The van der Waals surface area contributed by atoms with Crippen LogP contribution in [0.4, 0.5) is 0 Å². The second-order valence-electron chi connectivity index (χ2n) is 6.68. The average molecular weight is 292 g/mol. The van der Waals surface area contributed by atoms with Crippen LogP contribution in [0.2, 0.25) is 0 Å². The highest BCUT2D eigenvalue weighted by Crippen LogP contribution is 2.34. The lowest BCUT2D eigenvalue weighted by Crippen LogP contribution is -2.44. The zero-order valence-electron chi connectivity index (χ0n) is 14.1. The van der Waals surface area contributed by atoms with Gasteiger partial charge in [-0.25, -0.2) is 0 Å². The van der Waals surface area contributed by atoms with Gasteiger partial charge in [-0.3, -0.25) is 15.1 Å². The van der Waals surface area contributed by atoms with Crippen molar-refractivity contribution in [1.29, 1.82) is 5.26 Å². The fourth-order valence-electron chi connectivity index (χ4n) is 4.13. The summed E-state index contributed by atoms with van der Waals surface area (Å²) in [4.78, 5) is 5.23. The zero-order chi connectivity index (χ0) is 15.3. The van der Waals surface area contributed by atoms with Crippen LogP contribution in [0.25, 0.3) is 0 Å². The zero-order valence-corrected chi connectivity index (χ0v) is 14.1. The molecule has 0 aromatic carbocycles. The third-order valence-corrected chi connectivity index (χ3v) is 5.46. The van der Waals surface area contributed by atoms with Gasteiger partial charge in [0.05, 0.1) is 6.07 Å². The first-order valence-corrected chi connectivity index (χ1v) is 8.82. The number of hydrogen-bond donors (Lipinski definition) is 1. The van der Waals surface area contributed by atoms with E-state index in [4.69, 9.17) is 0 Å². The third kappa shape index (κ3) is 3.77. The Kier molecular flexibility index (Phi) is 6.04. The summed E-state index contributed by atoms with van der Waals surface area (Å²) < 4.78 is 0. The van der Waals surface area contributed by atoms with E-state index in [2.05, 4.69) is 42.0 Å². The van der Waals surface area contributed by atoms with Crippen LogP contribution in [0, 0.1) is 11.3 Å². The van der Waals surface area contributed by atoms with Crippen molar-refractivity contribution >= 4 is 0 Å². The standard InChI is InChI=1S/C17H32N4/c1-4-10-19-17(14-18)9-7-15(12-17)21-11-8-16(13-21)20(5-2)6-3/h15-16,19H,4-13H2,1-3H3. The number of rotatable bonds is 7. The van der Waals surface area contributed by atoms with Gasteiger partial charge in [-0.2, -0.15) is 5.26 Å². The first-order chi connectivity index (χ1) is 10.2. The van der Waals surface area contributed by atoms with Crippen molar-refractivity contribution in [2.75, 3.05) is 32.7 Å². The third-order valence-electron chi connectivity index (χ3n) is 5.46. The first kappa shape index (κ1) is 16.7. The molecule has 2 aliphatic rings. The lowest BCUT2D eigenvalue weighted by Gasteiger charge is -2.29. The summed E-state index contributed by atoms with van der Waals surface area (Å²) in [5.41, 5.74) is -0.256. The Labute approximate surface area is 130 Å². The number of likely N-dealkylation sites (N-methyl/N-ethyl adjacent to an activating group) is 1. The quantitative estimate of drug-likeness (QED) is 0.781. The second-order valence-corrected chi connectivity index (χ2v) is 6.68. The molecule has 4 nitrogen and oxygen atoms in total. The van der Waals surface area contributed by atoms with Crippen LogP contribution in [0.15, 0.2) is 0 Å². The van der Waals surface area contributed by atoms with E-state index >= 15 is 0 Å². The van der Waals surface area contributed by atoms with Gasteiger partial charge < -0.3 is 0 Å². The fraction of sp³-hybridized carbons (Fsp3) is 0.941. The normalized spacial score (nSPS) is 33.7. The van der Waals surface area contributed by atoms with Gasteiger partial charge in [-0.15, -0.1) is 0 Å². The summed E-state index contributed by atoms with van der Waals surface area (Å²) >= 11 is 0. The maximum Gasteiger partial charge on any atom is 0.108 e. The Morgan fingerprint density at radius 2 is 2.05 bits per heavy atom. The van der Waals surface area contributed by atoms with Gasteiger partial charge >= 0.3 is 0 Å². The highest BCUT2D eigenvalue weighted by molar-refractivity contribution is 5.13. The van der Waals surface area contributed by atoms with Crippen molar-refractivity contribution in [3.05, 3.63) is 0 Å². The van der Waals surface area contributed by atoms with E-state index in [1.165, 1.54) is 25.9 Å². The highest BCUT2D eigenvalue weighted by Gasteiger charge is 2.43. The Hall–Kier alpha value is -0.630. The molecule has 0 aromatic rings. The Morgan fingerprint density at radius 1 is 1.29 bits per heavy atom. The molecule has 0 bridgehead atoms. The predicted octanol–water partition coefficient (Wildman–Crippen LogP) is 2.22. The molecule has 1 saturated carbocycles. The summed E-state index contributed by atoms with van der Waals surface area (Å²) in [6.45, 7) is 12.4. The number of likely N-dealkylation sites (tertiary alicyclic amines) is 1. The molecule has 1 saturated heterocycles. The molecule has 1 heterocycles. The van der Waals surface area contributed by atoms with Gasteiger partial charge in [0.2, 0.25) is 0 Å². The van der Waals surface area contributed by atoms with Crippen molar-refractivity contribution in [3.8, 4) is 6.07 Å². The predicted molar refractivity (Wildman–Crippen MR) is 87.2 cm³/mol. The van der Waals surface area contributed by atoms with Crippen LogP contribution in [-0.4, -0.2) is 60.1 Å². The van der Waals surface area contributed by atoms with Crippen LogP contribution in [0.3, 0.4) is 0 Å².